The lowest BCUT2D eigenvalue weighted by atomic mass is 10.2. The van der Waals surface area contributed by atoms with Gasteiger partial charge in [0.05, 0.1) is 6.21 Å². The maximum absolute atomic E-state index is 11.8. The van der Waals surface area contributed by atoms with Crippen LogP contribution in [0.5, 0.6) is 5.75 Å². The number of benzene rings is 1. The summed E-state index contributed by atoms with van der Waals surface area (Å²) in [5.41, 5.74) is 7.62. The van der Waals surface area contributed by atoms with Gasteiger partial charge in [0.1, 0.15) is 10.6 Å². The zero-order valence-electron chi connectivity index (χ0n) is 10.3. The first-order chi connectivity index (χ1) is 9.65. The van der Waals surface area contributed by atoms with Crippen LogP contribution in [0.4, 0.5) is 4.79 Å². The molecule has 0 radical (unpaired) electrons. The summed E-state index contributed by atoms with van der Waals surface area (Å²) in [6.45, 7) is 0. The fraction of sp³-hybridized carbons (Fsp3) is 0. The molecule has 0 aliphatic rings. The van der Waals surface area contributed by atoms with Crippen molar-refractivity contribution in [2.75, 3.05) is 0 Å². The number of carbonyl (C=O) groups excluding carboxylic acids is 2. The second-order valence-corrected chi connectivity index (χ2v) is 4.62. The number of thiophene rings is 1. The van der Waals surface area contributed by atoms with E-state index >= 15 is 0 Å². The highest BCUT2D eigenvalue weighted by atomic mass is 32.1. The van der Waals surface area contributed by atoms with Crippen LogP contribution in [0.25, 0.3) is 0 Å². The highest BCUT2D eigenvalue weighted by Crippen LogP contribution is 2.16. The summed E-state index contributed by atoms with van der Waals surface area (Å²) in [5.74, 6) is -0.0178. The minimum atomic E-state index is -0.749. The van der Waals surface area contributed by atoms with E-state index in [2.05, 4.69) is 10.5 Å². The molecule has 6 nitrogen and oxygen atoms in total. The number of hydrogen-bond acceptors (Lipinski definition) is 5. The first-order valence-corrected chi connectivity index (χ1v) is 6.47. The molecule has 0 fully saturated rings. The van der Waals surface area contributed by atoms with Gasteiger partial charge in [-0.15, -0.1) is 11.3 Å². The number of carbonyl (C=O) groups is 2. The van der Waals surface area contributed by atoms with Gasteiger partial charge >= 0.3 is 12.0 Å². The number of nitrogens with two attached hydrogens (primary N) is 1. The van der Waals surface area contributed by atoms with Gasteiger partial charge in [-0.1, -0.05) is 18.2 Å². The molecule has 1 heterocycles. The molecule has 2 rings (SSSR count). The van der Waals surface area contributed by atoms with Gasteiger partial charge < -0.3 is 10.5 Å². The second kappa shape index (κ2) is 6.48. The standard InChI is InChI=1S/C13H11N3O3S/c14-13(18)16-15-8-9-3-1-4-10(7-9)19-12(17)11-5-2-6-20-11/h1-8H,(H3,14,16,18). The molecule has 2 aromatic rings. The molecule has 102 valence electrons. The third-order valence-corrected chi connectivity index (χ3v) is 3.03. The number of amides is 2. The first-order valence-electron chi connectivity index (χ1n) is 5.59. The number of nitrogens with zero attached hydrogens (tertiary/aromatic N) is 1. The Bertz CT molecular complexity index is 638. The minimum absolute atomic E-state index is 0.395. The average molecular weight is 289 g/mol. The number of nitrogens with one attached hydrogen (secondary N) is 1. The van der Waals surface area contributed by atoms with E-state index in [1.165, 1.54) is 17.6 Å². The number of primary amides is 1. The van der Waals surface area contributed by atoms with Crippen LogP contribution in [0.2, 0.25) is 0 Å². The molecule has 0 unspecified atom stereocenters. The maximum Gasteiger partial charge on any atom is 0.353 e. The van der Waals surface area contributed by atoms with Gasteiger partial charge in [0.2, 0.25) is 0 Å². The van der Waals surface area contributed by atoms with Crippen molar-refractivity contribution >= 4 is 29.6 Å². The summed E-state index contributed by atoms with van der Waals surface area (Å²) in [6, 6.07) is 9.45. The zero-order valence-corrected chi connectivity index (χ0v) is 11.1. The lowest BCUT2D eigenvalue weighted by molar-refractivity contribution is 0.0740. The molecular formula is C13H11N3O3S. The molecule has 2 amide bonds. The SMILES string of the molecule is NC(=O)NN=Cc1cccc(OC(=O)c2cccs2)c1. The Hall–Kier alpha value is -2.67. The third kappa shape index (κ3) is 3.92. The largest absolute Gasteiger partial charge is 0.422 e. The van der Waals surface area contributed by atoms with Crippen molar-refractivity contribution in [1.82, 2.24) is 5.43 Å². The van der Waals surface area contributed by atoms with Crippen LogP contribution >= 0.6 is 11.3 Å². The molecule has 3 N–H and O–H groups in total. The molecule has 0 spiro atoms. The Morgan fingerprint density at radius 2 is 2.15 bits per heavy atom. The van der Waals surface area contributed by atoms with E-state index < -0.39 is 12.0 Å². The molecule has 0 aliphatic heterocycles. The molecule has 20 heavy (non-hydrogen) atoms. The summed E-state index contributed by atoms with van der Waals surface area (Å²) in [6.07, 6.45) is 1.40. The predicted molar refractivity (Wildman–Crippen MR) is 76.0 cm³/mol. The van der Waals surface area contributed by atoms with Crippen molar-refractivity contribution in [3.8, 4) is 5.75 Å². The second-order valence-electron chi connectivity index (χ2n) is 3.67. The van der Waals surface area contributed by atoms with Crippen LogP contribution in [0.3, 0.4) is 0 Å². The monoisotopic (exact) mass is 289 g/mol. The van der Waals surface area contributed by atoms with Crippen molar-refractivity contribution in [3.05, 3.63) is 52.2 Å². The van der Waals surface area contributed by atoms with Crippen LogP contribution in [-0.2, 0) is 0 Å². The topological polar surface area (TPSA) is 93.8 Å². The van der Waals surface area contributed by atoms with E-state index in [4.69, 9.17) is 10.5 Å². The van der Waals surface area contributed by atoms with Crippen molar-refractivity contribution in [2.24, 2.45) is 10.8 Å². The fourth-order valence-corrected chi connectivity index (χ4v) is 1.98. The van der Waals surface area contributed by atoms with E-state index in [0.717, 1.165) is 0 Å². The van der Waals surface area contributed by atoms with Crippen LogP contribution in [-0.4, -0.2) is 18.2 Å². The molecule has 0 aliphatic carbocycles. The molecule has 0 atom stereocenters. The summed E-state index contributed by atoms with van der Waals surface area (Å²) in [7, 11) is 0. The van der Waals surface area contributed by atoms with Crippen molar-refractivity contribution in [2.45, 2.75) is 0 Å². The third-order valence-electron chi connectivity index (χ3n) is 2.18. The predicted octanol–water partition coefficient (Wildman–Crippen LogP) is 1.97. The van der Waals surface area contributed by atoms with E-state index in [0.29, 0.717) is 16.2 Å². The van der Waals surface area contributed by atoms with Gasteiger partial charge in [-0.25, -0.2) is 15.0 Å². The van der Waals surface area contributed by atoms with Crippen LogP contribution in [0.1, 0.15) is 15.2 Å². The average Bonchev–Trinajstić information content (AvgIpc) is 2.92. The molecule has 0 saturated heterocycles. The lowest BCUT2D eigenvalue weighted by Crippen LogP contribution is -2.24. The minimum Gasteiger partial charge on any atom is -0.422 e. The number of hydrazone groups is 1. The van der Waals surface area contributed by atoms with E-state index in [1.54, 1.807) is 41.8 Å². The zero-order chi connectivity index (χ0) is 14.4. The molecule has 0 saturated carbocycles. The van der Waals surface area contributed by atoms with Gasteiger partial charge in [-0.2, -0.15) is 5.10 Å². The van der Waals surface area contributed by atoms with Gasteiger partial charge in [0.15, 0.2) is 0 Å². The Labute approximate surface area is 118 Å². The summed E-state index contributed by atoms with van der Waals surface area (Å²) in [5, 5.41) is 5.42. The molecule has 1 aromatic carbocycles. The van der Waals surface area contributed by atoms with E-state index in [-0.39, 0.29) is 0 Å². The fourth-order valence-electron chi connectivity index (χ4n) is 1.38. The highest BCUT2D eigenvalue weighted by Gasteiger charge is 2.09. The van der Waals surface area contributed by atoms with Gasteiger partial charge in [0.25, 0.3) is 0 Å². The molecule has 1 aromatic heterocycles. The number of hydrogen-bond donors (Lipinski definition) is 2. The molecular weight excluding hydrogens is 278 g/mol. The van der Waals surface area contributed by atoms with E-state index in [9.17, 15) is 9.59 Å². The quantitative estimate of drug-likeness (QED) is 0.390. The first kappa shape index (κ1) is 13.8. The van der Waals surface area contributed by atoms with Gasteiger partial charge in [-0.3, -0.25) is 0 Å². The van der Waals surface area contributed by atoms with Crippen LogP contribution in [0, 0.1) is 0 Å². The Morgan fingerprint density at radius 1 is 1.30 bits per heavy atom. The van der Waals surface area contributed by atoms with Gasteiger partial charge in [-0.05, 0) is 29.1 Å². The Morgan fingerprint density at radius 3 is 2.85 bits per heavy atom. The maximum atomic E-state index is 11.8. The van der Waals surface area contributed by atoms with Crippen LogP contribution < -0.4 is 15.9 Å². The van der Waals surface area contributed by atoms with Crippen molar-refractivity contribution in [1.29, 1.82) is 0 Å². The normalized spacial score (nSPS) is 10.4. The number of rotatable bonds is 4. The number of urea groups is 1. The molecule has 0 bridgehead atoms. The number of ether oxygens (including phenoxy) is 1. The smallest absolute Gasteiger partial charge is 0.353 e. The van der Waals surface area contributed by atoms with E-state index in [1.807, 2.05) is 0 Å². The highest BCUT2D eigenvalue weighted by molar-refractivity contribution is 7.12. The summed E-state index contributed by atoms with van der Waals surface area (Å²) < 4.78 is 5.22. The Kier molecular flexibility index (Phi) is 4.46. The van der Waals surface area contributed by atoms with Gasteiger partial charge in [0, 0.05) is 0 Å². The van der Waals surface area contributed by atoms with Crippen LogP contribution in [0.15, 0.2) is 46.9 Å². The summed E-state index contributed by atoms with van der Waals surface area (Å²) in [4.78, 5) is 22.8. The lowest BCUT2D eigenvalue weighted by Gasteiger charge is -2.03. The van der Waals surface area contributed by atoms with Crippen molar-refractivity contribution < 1.29 is 14.3 Å². The summed E-state index contributed by atoms with van der Waals surface area (Å²) >= 11 is 1.31. The number of esters is 1. The van der Waals surface area contributed by atoms with Crippen molar-refractivity contribution in [3.63, 3.8) is 0 Å². The Balaban J connectivity index is 2.04. The molecule has 7 heteroatoms.